The summed E-state index contributed by atoms with van der Waals surface area (Å²) in [6.07, 6.45) is 3.54. The molecule has 3 N–H and O–H groups in total. The van der Waals surface area contributed by atoms with Gasteiger partial charge in [0.25, 0.3) is 11.8 Å². The minimum absolute atomic E-state index is 0.120. The van der Waals surface area contributed by atoms with Crippen molar-refractivity contribution in [1.82, 2.24) is 15.1 Å². The monoisotopic (exact) mass is 396 g/mol. The molecule has 5 rings (SSSR count). The summed E-state index contributed by atoms with van der Waals surface area (Å²) in [5, 5.41) is 2.22. The summed E-state index contributed by atoms with van der Waals surface area (Å²) in [6, 6.07) is 5.18. The number of benzene rings is 1. The fraction of sp³-hybridized carbons (Fsp3) is 0.524. The number of piperidine rings is 1. The Balaban J connectivity index is 1.36. The number of imide groups is 2. The van der Waals surface area contributed by atoms with Crippen LogP contribution in [0, 0.1) is 5.92 Å². The fourth-order valence-corrected chi connectivity index (χ4v) is 5.42. The van der Waals surface area contributed by atoms with Gasteiger partial charge in [0.05, 0.1) is 11.1 Å². The number of fused-ring (bicyclic) bond motifs is 3. The maximum Gasteiger partial charge on any atom is 0.262 e. The number of nitrogens with one attached hydrogen (secondary N) is 1. The number of amides is 4. The van der Waals surface area contributed by atoms with Crippen molar-refractivity contribution in [3.63, 3.8) is 0 Å². The van der Waals surface area contributed by atoms with Crippen LogP contribution in [0.4, 0.5) is 0 Å². The van der Waals surface area contributed by atoms with Gasteiger partial charge in [-0.05, 0) is 49.3 Å². The first-order valence-electron chi connectivity index (χ1n) is 10.2. The van der Waals surface area contributed by atoms with E-state index in [4.69, 9.17) is 5.73 Å². The van der Waals surface area contributed by atoms with Gasteiger partial charge < -0.3 is 5.73 Å². The summed E-state index contributed by atoms with van der Waals surface area (Å²) >= 11 is 0. The molecule has 8 heteroatoms. The molecule has 1 aliphatic carbocycles. The lowest BCUT2D eigenvalue weighted by atomic mass is 9.87. The highest BCUT2D eigenvalue weighted by atomic mass is 16.2. The Kier molecular flexibility index (Phi) is 4.29. The Labute approximate surface area is 168 Å². The highest BCUT2D eigenvalue weighted by molar-refractivity contribution is 6.23. The van der Waals surface area contributed by atoms with Crippen LogP contribution in [0.5, 0.6) is 0 Å². The lowest BCUT2D eigenvalue weighted by Gasteiger charge is -2.27. The average Bonchev–Trinajstić information content (AvgIpc) is 3.09. The van der Waals surface area contributed by atoms with Crippen LogP contribution in [0.25, 0.3) is 0 Å². The minimum Gasteiger partial charge on any atom is -0.328 e. The van der Waals surface area contributed by atoms with Crippen LogP contribution in [-0.4, -0.2) is 58.1 Å². The highest BCUT2D eigenvalue weighted by Crippen LogP contribution is 2.36. The molecule has 4 atom stereocenters. The largest absolute Gasteiger partial charge is 0.328 e. The lowest BCUT2D eigenvalue weighted by Crippen LogP contribution is -2.54. The molecule has 4 unspecified atom stereocenters. The van der Waals surface area contributed by atoms with Gasteiger partial charge in [0.2, 0.25) is 11.8 Å². The van der Waals surface area contributed by atoms with Crippen molar-refractivity contribution in [2.75, 3.05) is 6.54 Å². The molecule has 4 amide bonds. The van der Waals surface area contributed by atoms with Gasteiger partial charge in [-0.25, -0.2) is 0 Å². The van der Waals surface area contributed by atoms with E-state index in [-0.39, 0.29) is 24.8 Å². The van der Waals surface area contributed by atoms with E-state index in [9.17, 15) is 19.2 Å². The molecule has 1 saturated carbocycles. The number of hydrogen-bond donors (Lipinski definition) is 2. The van der Waals surface area contributed by atoms with Crippen molar-refractivity contribution in [1.29, 1.82) is 0 Å². The van der Waals surface area contributed by atoms with Crippen LogP contribution in [-0.2, 0) is 16.1 Å². The third kappa shape index (κ3) is 3.07. The smallest absolute Gasteiger partial charge is 0.262 e. The molecule has 8 nitrogen and oxygen atoms in total. The van der Waals surface area contributed by atoms with Gasteiger partial charge in [0.1, 0.15) is 6.04 Å². The van der Waals surface area contributed by atoms with E-state index in [1.807, 2.05) is 6.07 Å². The molecule has 0 aromatic heterocycles. The number of nitrogens with two attached hydrogens (primary N) is 1. The van der Waals surface area contributed by atoms with Gasteiger partial charge in [0.15, 0.2) is 0 Å². The predicted molar refractivity (Wildman–Crippen MR) is 103 cm³/mol. The van der Waals surface area contributed by atoms with Gasteiger partial charge in [-0.15, -0.1) is 0 Å². The molecule has 1 aromatic carbocycles. The number of carbonyl (C=O) groups excluding carboxylic acids is 4. The number of hydrogen-bond acceptors (Lipinski definition) is 6. The normalized spacial score (nSPS) is 32.0. The summed E-state index contributed by atoms with van der Waals surface area (Å²) in [6.45, 7) is 1.74. The molecular weight excluding hydrogens is 372 g/mol. The molecule has 152 valence electrons. The second-order valence-electron chi connectivity index (χ2n) is 8.74. The van der Waals surface area contributed by atoms with Crippen LogP contribution in [0.15, 0.2) is 18.2 Å². The quantitative estimate of drug-likeness (QED) is 0.715. The van der Waals surface area contributed by atoms with Gasteiger partial charge in [0, 0.05) is 31.6 Å². The number of rotatable bonds is 3. The number of carbonyl (C=O) groups is 4. The Morgan fingerprint density at radius 1 is 1.03 bits per heavy atom. The Morgan fingerprint density at radius 2 is 1.83 bits per heavy atom. The van der Waals surface area contributed by atoms with E-state index in [1.54, 1.807) is 12.1 Å². The first-order chi connectivity index (χ1) is 13.9. The number of likely N-dealkylation sites (tertiary alicyclic amines) is 1. The van der Waals surface area contributed by atoms with E-state index in [1.165, 1.54) is 6.42 Å². The van der Waals surface area contributed by atoms with Gasteiger partial charge in [-0.1, -0.05) is 6.07 Å². The third-order valence-electron chi connectivity index (χ3n) is 6.72. The Hall–Kier alpha value is -2.58. The van der Waals surface area contributed by atoms with E-state index in [2.05, 4.69) is 10.2 Å². The molecule has 2 bridgehead atoms. The molecule has 3 fully saturated rings. The van der Waals surface area contributed by atoms with Gasteiger partial charge >= 0.3 is 0 Å². The lowest BCUT2D eigenvalue weighted by molar-refractivity contribution is -0.136. The van der Waals surface area contributed by atoms with E-state index in [0.717, 1.165) is 36.4 Å². The Morgan fingerprint density at radius 3 is 2.62 bits per heavy atom. The SMILES string of the molecule is NC1CC2CC(C1)N(Cc1ccc3c(c1)C(=O)N(C1CCC(=O)NC1=O)C3=O)C2. The molecular formula is C21H24N4O4. The van der Waals surface area contributed by atoms with Gasteiger partial charge in [-0.3, -0.25) is 34.3 Å². The van der Waals surface area contributed by atoms with Crippen molar-refractivity contribution >= 4 is 23.6 Å². The maximum absolute atomic E-state index is 13.0. The minimum atomic E-state index is -0.928. The molecule has 3 aliphatic heterocycles. The van der Waals surface area contributed by atoms with Crippen LogP contribution in [0.3, 0.4) is 0 Å². The molecule has 29 heavy (non-hydrogen) atoms. The zero-order valence-electron chi connectivity index (χ0n) is 16.1. The number of nitrogens with zero attached hydrogens (tertiary/aromatic N) is 2. The molecule has 1 aromatic rings. The predicted octanol–water partition coefficient (Wildman–Crippen LogP) is 0.399. The van der Waals surface area contributed by atoms with Crippen molar-refractivity contribution in [2.45, 2.75) is 56.8 Å². The first-order valence-corrected chi connectivity index (χ1v) is 10.2. The van der Waals surface area contributed by atoms with Gasteiger partial charge in [-0.2, -0.15) is 0 Å². The van der Waals surface area contributed by atoms with Crippen LogP contribution >= 0.6 is 0 Å². The average molecular weight is 396 g/mol. The summed E-state index contributed by atoms with van der Waals surface area (Å²) in [5.74, 6) is -1.24. The van der Waals surface area contributed by atoms with Crippen molar-refractivity contribution in [3.05, 3.63) is 34.9 Å². The topological polar surface area (TPSA) is 113 Å². The standard InChI is InChI=1S/C21H24N4O4/c22-13-5-12-6-14(8-13)24(10-12)9-11-1-2-15-16(7-11)21(29)25(20(15)28)17-3-4-18(26)23-19(17)27/h1-2,7,12-14,17H,3-6,8-10,22H2,(H,23,26,27). The first kappa shape index (κ1) is 18.4. The Bertz CT molecular complexity index is 929. The zero-order valence-corrected chi connectivity index (χ0v) is 16.1. The molecule has 3 heterocycles. The summed E-state index contributed by atoms with van der Waals surface area (Å²) in [4.78, 5) is 52.7. The molecule has 2 saturated heterocycles. The van der Waals surface area contributed by atoms with Crippen LogP contribution in [0.2, 0.25) is 0 Å². The fourth-order valence-electron chi connectivity index (χ4n) is 5.42. The van der Waals surface area contributed by atoms with Crippen molar-refractivity contribution < 1.29 is 19.2 Å². The van der Waals surface area contributed by atoms with Crippen LogP contribution in [0.1, 0.15) is 58.4 Å². The van der Waals surface area contributed by atoms with E-state index >= 15 is 0 Å². The molecule has 0 radical (unpaired) electrons. The van der Waals surface area contributed by atoms with Crippen molar-refractivity contribution in [2.24, 2.45) is 11.7 Å². The molecule has 0 spiro atoms. The second kappa shape index (κ2) is 6.74. The second-order valence-corrected chi connectivity index (χ2v) is 8.74. The summed E-state index contributed by atoms with van der Waals surface area (Å²) in [5.41, 5.74) is 7.81. The summed E-state index contributed by atoms with van der Waals surface area (Å²) in [7, 11) is 0. The maximum atomic E-state index is 13.0. The highest BCUT2D eigenvalue weighted by Gasteiger charge is 2.45. The zero-order chi connectivity index (χ0) is 20.3. The van der Waals surface area contributed by atoms with E-state index in [0.29, 0.717) is 23.1 Å². The van der Waals surface area contributed by atoms with E-state index < -0.39 is 23.8 Å². The van der Waals surface area contributed by atoms with Crippen LogP contribution < -0.4 is 11.1 Å². The third-order valence-corrected chi connectivity index (χ3v) is 6.72. The van der Waals surface area contributed by atoms with Crippen molar-refractivity contribution in [3.8, 4) is 0 Å². The molecule has 4 aliphatic rings. The summed E-state index contributed by atoms with van der Waals surface area (Å²) < 4.78 is 0.